The molecule has 0 aromatic heterocycles. The van der Waals surface area contributed by atoms with Crippen molar-refractivity contribution in [1.29, 1.82) is 0 Å². The zero-order valence-corrected chi connectivity index (χ0v) is 12.7. The van der Waals surface area contributed by atoms with Crippen LogP contribution in [0.4, 0.5) is 13.2 Å². The third-order valence-corrected chi connectivity index (χ3v) is 2.95. The van der Waals surface area contributed by atoms with E-state index in [0.29, 0.717) is 12.8 Å². The van der Waals surface area contributed by atoms with E-state index >= 15 is 0 Å². The molecule has 0 fully saturated rings. The maximum atomic E-state index is 12.3. The van der Waals surface area contributed by atoms with Crippen LogP contribution in [0.15, 0.2) is 0 Å². The van der Waals surface area contributed by atoms with Gasteiger partial charge in [-0.3, -0.25) is 9.59 Å². The highest BCUT2D eigenvalue weighted by atomic mass is 19.4. The van der Waals surface area contributed by atoms with E-state index in [-0.39, 0.29) is 6.42 Å². The number of aliphatic carboxylic acids is 1. The summed E-state index contributed by atoms with van der Waals surface area (Å²) in [6.45, 7) is 4.73. The molecule has 0 bridgehead atoms. The summed E-state index contributed by atoms with van der Waals surface area (Å²) in [5, 5.41) is 12.8. The van der Waals surface area contributed by atoms with Crippen molar-refractivity contribution in [1.82, 2.24) is 10.6 Å². The van der Waals surface area contributed by atoms with Gasteiger partial charge in [0, 0.05) is 0 Å². The Morgan fingerprint density at radius 2 is 1.68 bits per heavy atom. The van der Waals surface area contributed by atoms with E-state index in [2.05, 4.69) is 5.32 Å². The minimum atomic E-state index is -5.11. The van der Waals surface area contributed by atoms with Gasteiger partial charge in [0.25, 0.3) is 0 Å². The average molecular weight is 326 g/mol. The highest BCUT2D eigenvalue weighted by molar-refractivity contribution is 5.91. The van der Waals surface area contributed by atoms with E-state index in [1.54, 1.807) is 5.32 Å². The Morgan fingerprint density at radius 1 is 1.14 bits per heavy atom. The van der Waals surface area contributed by atoms with Crippen LogP contribution in [0.1, 0.15) is 40.0 Å². The fraction of sp³-hybridized carbons (Fsp3) is 0.769. The number of carboxylic acids is 1. The molecule has 0 aliphatic rings. The third-order valence-electron chi connectivity index (χ3n) is 2.95. The number of hydrogen-bond acceptors (Lipinski definition) is 3. The average Bonchev–Trinajstić information content (AvgIpc) is 2.38. The molecule has 128 valence electrons. The van der Waals surface area contributed by atoms with Crippen LogP contribution in [0, 0.1) is 5.92 Å². The van der Waals surface area contributed by atoms with Crippen molar-refractivity contribution in [3.8, 4) is 0 Å². The van der Waals surface area contributed by atoms with Crippen LogP contribution < -0.4 is 10.6 Å². The molecule has 0 aliphatic carbocycles. The Bertz CT molecular complexity index is 411. The Labute approximate surface area is 126 Å². The first kappa shape index (κ1) is 20.2. The maximum Gasteiger partial charge on any atom is 0.471 e. The van der Waals surface area contributed by atoms with Crippen LogP contribution in [0.5, 0.6) is 0 Å². The topological polar surface area (TPSA) is 95.5 Å². The summed E-state index contributed by atoms with van der Waals surface area (Å²) in [6, 6.07) is -2.66. The minimum absolute atomic E-state index is 0.162. The molecule has 0 rings (SSSR count). The van der Waals surface area contributed by atoms with Gasteiger partial charge in [-0.1, -0.05) is 33.6 Å². The van der Waals surface area contributed by atoms with Gasteiger partial charge in [-0.05, 0) is 12.3 Å². The zero-order chi connectivity index (χ0) is 17.5. The number of nitrogens with one attached hydrogen (secondary N) is 2. The number of rotatable bonds is 8. The molecule has 2 amide bonds. The van der Waals surface area contributed by atoms with Gasteiger partial charge in [0.1, 0.15) is 12.1 Å². The number of alkyl halides is 3. The van der Waals surface area contributed by atoms with Crippen LogP contribution in [-0.2, 0) is 14.4 Å². The van der Waals surface area contributed by atoms with Gasteiger partial charge in [0.15, 0.2) is 0 Å². The Balaban J connectivity index is 4.91. The van der Waals surface area contributed by atoms with E-state index in [9.17, 15) is 27.6 Å². The summed E-state index contributed by atoms with van der Waals surface area (Å²) >= 11 is 0. The van der Waals surface area contributed by atoms with Gasteiger partial charge < -0.3 is 15.7 Å². The third kappa shape index (κ3) is 6.77. The normalized spacial score (nSPS) is 14.3. The van der Waals surface area contributed by atoms with Crippen LogP contribution >= 0.6 is 0 Å². The first-order chi connectivity index (χ1) is 10.0. The number of hydrogen-bond donors (Lipinski definition) is 3. The molecule has 0 aromatic carbocycles. The van der Waals surface area contributed by atoms with Crippen molar-refractivity contribution >= 4 is 17.8 Å². The molecular weight excluding hydrogens is 305 g/mol. The van der Waals surface area contributed by atoms with Crippen LogP contribution in [0.2, 0.25) is 0 Å². The molecule has 0 saturated heterocycles. The summed E-state index contributed by atoms with van der Waals surface area (Å²) in [7, 11) is 0. The smallest absolute Gasteiger partial charge is 0.471 e. The second-order valence-corrected chi connectivity index (χ2v) is 5.23. The molecule has 3 N–H and O–H groups in total. The van der Waals surface area contributed by atoms with Crippen molar-refractivity contribution in [2.45, 2.75) is 58.3 Å². The molecule has 6 nitrogen and oxygen atoms in total. The lowest BCUT2D eigenvalue weighted by Crippen LogP contribution is -2.55. The van der Waals surface area contributed by atoms with E-state index in [0.717, 1.165) is 0 Å². The Morgan fingerprint density at radius 3 is 2.05 bits per heavy atom. The summed E-state index contributed by atoms with van der Waals surface area (Å²) < 4.78 is 36.8. The molecule has 0 saturated carbocycles. The summed E-state index contributed by atoms with van der Waals surface area (Å²) in [4.78, 5) is 33.9. The second-order valence-electron chi connectivity index (χ2n) is 5.23. The monoisotopic (exact) mass is 326 g/mol. The van der Waals surface area contributed by atoms with Gasteiger partial charge in [-0.15, -0.1) is 0 Å². The molecule has 9 heteroatoms. The fourth-order valence-corrected chi connectivity index (χ4v) is 1.69. The number of carboxylic acid groups (broad SMARTS) is 1. The molecule has 0 spiro atoms. The molecule has 0 heterocycles. The van der Waals surface area contributed by atoms with E-state index in [1.165, 1.54) is 13.8 Å². The molecule has 2 atom stereocenters. The molecular formula is C13H21F3N2O4. The SMILES string of the molecule is CCCC[C@H](NC(=O)[C@@H](NC(=O)C(F)(F)F)C(C)C)C(=O)O. The highest BCUT2D eigenvalue weighted by Gasteiger charge is 2.41. The molecule has 0 aromatic rings. The largest absolute Gasteiger partial charge is 0.480 e. The van der Waals surface area contributed by atoms with Gasteiger partial charge in [0.05, 0.1) is 0 Å². The van der Waals surface area contributed by atoms with Crippen LogP contribution in [0.25, 0.3) is 0 Å². The summed E-state index contributed by atoms with van der Waals surface area (Å²) in [5.74, 6) is -5.09. The van der Waals surface area contributed by atoms with Crippen molar-refractivity contribution < 1.29 is 32.7 Å². The minimum Gasteiger partial charge on any atom is -0.480 e. The Kier molecular flexibility index (Phi) is 7.89. The predicted molar refractivity (Wildman–Crippen MR) is 71.9 cm³/mol. The second kappa shape index (κ2) is 8.60. The molecule has 0 radical (unpaired) electrons. The number of carbonyl (C=O) groups excluding carboxylic acids is 2. The van der Waals surface area contributed by atoms with Crippen molar-refractivity contribution in [3.63, 3.8) is 0 Å². The molecule has 0 aliphatic heterocycles. The van der Waals surface area contributed by atoms with Crippen molar-refractivity contribution in [3.05, 3.63) is 0 Å². The van der Waals surface area contributed by atoms with Crippen LogP contribution in [0.3, 0.4) is 0 Å². The van der Waals surface area contributed by atoms with E-state index in [1.807, 2.05) is 6.92 Å². The Hall–Kier alpha value is -1.80. The highest BCUT2D eigenvalue weighted by Crippen LogP contribution is 2.16. The van der Waals surface area contributed by atoms with Gasteiger partial charge >= 0.3 is 18.1 Å². The zero-order valence-electron chi connectivity index (χ0n) is 12.7. The molecule has 0 unspecified atom stereocenters. The maximum absolute atomic E-state index is 12.3. The van der Waals surface area contributed by atoms with Crippen molar-refractivity contribution in [2.75, 3.05) is 0 Å². The van der Waals surface area contributed by atoms with E-state index in [4.69, 9.17) is 5.11 Å². The summed E-state index contributed by atoms with van der Waals surface area (Å²) in [5.41, 5.74) is 0. The number of halogens is 3. The number of unbranched alkanes of at least 4 members (excludes halogenated alkanes) is 1. The van der Waals surface area contributed by atoms with E-state index < -0.39 is 42.0 Å². The van der Waals surface area contributed by atoms with Gasteiger partial charge in [-0.2, -0.15) is 13.2 Å². The van der Waals surface area contributed by atoms with Gasteiger partial charge in [0.2, 0.25) is 5.91 Å². The molecule has 22 heavy (non-hydrogen) atoms. The van der Waals surface area contributed by atoms with Crippen LogP contribution in [-0.4, -0.2) is 41.2 Å². The first-order valence-corrected chi connectivity index (χ1v) is 6.91. The van der Waals surface area contributed by atoms with Crippen molar-refractivity contribution in [2.24, 2.45) is 5.92 Å². The standard InChI is InChI=1S/C13H21F3N2O4/c1-4-5-6-8(11(20)21)17-10(19)9(7(2)3)18-12(22)13(14,15)16/h7-9H,4-6H2,1-3H3,(H,17,19)(H,18,22)(H,20,21)/t8-,9-/m0/s1. The lowest BCUT2D eigenvalue weighted by Gasteiger charge is -2.24. The first-order valence-electron chi connectivity index (χ1n) is 6.91. The lowest BCUT2D eigenvalue weighted by molar-refractivity contribution is -0.175. The number of amides is 2. The predicted octanol–water partition coefficient (Wildman–Crippen LogP) is 1.45. The summed E-state index contributed by atoms with van der Waals surface area (Å²) in [6.07, 6.45) is -3.70. The van der Waals surface area contributed by atoms with Gasteiger partial charge in [-0.25, -0.2) is 4.79 Å². The fourth-order valence-electron chi connectivity index (χ4n) is 1.69. The number of carbonyl (C=O) groups is 3. The lowest BCUT2D eigenvalue weighted by atomic mass is 10.0. The quantitative estimate of drug-likeness (QED) is 0.629.